The molecule has 90 valence electrons. The second-order valence-corrected chi connectivity index (χ2v) is 3.78. The minimum atomic E-state index is -0.127. The molecular weight excluding hydrogens is 218 g/mol. The summed E-state index contributed by atoms with van der Waals surface area (Å²) in [6, 6.07) is 3.60. The molecule has 0 aliphatic carbocycles. The fourth-order valence-electron chi connectivity index (χ4n) is 1.67. The predicted octanol–water partition coefficient (Wildman–Crippen LogP) is 1.02. The van der Waals surface area contributed by atoms with Crippen LogP contribution in [0, 0.1) is 6.92 Å². The fraction of sp³-hybridized carbons (Fsp3) is 0.333. The zero-order valence-electron chi connectivity index (χ0n) is 9.93. The zero-order valence-corrected chi connectivity index (χ0v) is 9.93. The van der Waals surface area contributed by atoms with E-state index >= 15 is 0 Å². The lowest BCUT2D eigenvalue weighted by Gasteiger charge is -2.05. The molecule has 17 heavy (non-hydrogen) atoms. The first kappa shape index (κ1) is 11.6. The number of aromatic nitrogens is 2. The molecule has 0 saturated heterocycles. The number of fused-ring (bicyclic) bond motifs is 1. The number of ether oxygens (including phenoxy) is 1. The summed E-state index contributed by atoms with van der Waals surface area (Å²) in [5, 5.41) is 2.78. The molecule has 0 saturated carbocycles. The Morgan fingerprint density at radius 3 is 3.18 bits per heavy atom. The molecule has 0 aromatic carbocycles. The lowest BCUT2D eigenvalue weighted by atomic mass is 10.2. The van der Waals surface area contributed by atoms with Gasteiger partial charge >= 0.3 is 0 Å². The number of carbonyl (C=O) groups is 1. The van der Waals surface area contributed by atoms with Gasteiger partial charge in [0.25, 0.3) is 5.91 Å². The summed E-state index contributed by atoms with van der Waals surface area (Å²) in [4.78, 5) is 16.3. The highest BCUT2D eigenvalue weighted by Gasteiger charge is 2.11. The molecule has 0 unspecified atom stereocenters. The van der Waals surface area contributed by atoms with E-state index in [0.717, 1.165) is 5.69 Å². The van der Waals surface area contributed by atoms with Gasteiger partial charge < -0.3 is 14.5 Å². The molecule has 1 N–H and O–H groups in total. The molecule has 0 aliphatic rings. The molecular formula is C12H15N3O2. The Kier molecular flexibility index (Phi) is 3.39. The molecule has 0 radical (unpaired) electrons. The summed E-state index contributed by atoms with van der Waals surface area (Å²) in [6.07, 6.45) is 3.77. The first-order valence-corrected chi connectivity index (χ1v) is 5.44. The van der Waals surface area contributed by atoms with Crippen molar-refractivity contribution in [3.63, 3.8) is 0 Å². The zero-order chi connectivity index (χ0) is 12.3. The Morgan fingerprint density at radius 2 is 2.41 bits per heavy atom. The second-order valence-electron chi connectivity index (χ2n) is 3.78. The number of rotatable bonds is 4. The quantitative estimate of drug-likeness (QED) is 0.802. The van der Waals surface area contributed by atoms with Crippen LogP contribution < -0.4 is 5.32 Å². The average Bonchev–Trinajstić information content (AvgIpc) is 2.69. The normalized spacial score (nSPS) is 10.7. The third-order valence-electron chi connectivity index (χ3n) is 2.44. The van der Waals surface area contributed by atoms with E-state index < -0.39 is 0 Å². The molecule has 2 aromatic heterocycles. The highest BCUT2D eigenvalue weighted by Crippen LogP contribution is 2.10. The summed E-state index contributed by atoms with van der Waals surface area (Å²) in [5.41, 5.74) is 2.15. The van der Waals surface area contributed by atoms with Gasteiger partial charge in [0.05, 0.1) is 17.9 Å². The smallest absolute Gasteiger partial charge is 0.255 e. The second kappa shape index (κ2) is 4.97. The minimum absolute atomic E-state index is 0.127. The summed E-state index contributed by atoms with van der Waals surface area (Å²) in [5.74, 6) is -0.127. The lowest BCUT2D eigenvalue weighted by Crippen LogP contribution is -2.27. The molecule has 1 amide bonds. The van der Waals surface area contributed by atoms with Gasteiger partial charge in [-0.2, -0.15) is 0 Å². The van der Waals surface area contributed by atoms with Crippen molar-refractivity contribution in [2.75, 3.05) is 20.3 Å². The third kappa shape index (κ3) is 2.45. The van der Waals surface area contributed by atoms with Crippen LogP contribution >= 0.6 is 0 Å². The molecule has 0 aliphatic heterocycles. The van der Waals surface area contributed by atoms with E-state index in [9.17, 15) is 4.79 Å². The van der Waals surface area contributed by atoms with E-state index in [4.69, 9.17) is 4.74 Å². The van der Waals surface area contributed by atoms with Gasteiger partial charge in [-0.1, -0.05) is 0 Å². The number of nitrogens with one attached hydrogen (secondary N) is 1. The Labute approximate surface area is 99.4 Å². The first-order valence-electron chi connectivity index (χ1n) is 5.44. The summed E-state index contributed by atoms with van der Waals surface area (Å²) >= 11 is 0. The van der Waals surface area contributed by atoms with Crippen LogP contribution in [0.5, 0.6) is 0 Å². The standard InChI is InChI=1S/C12H15N3O2/c1-9-8-15-6-3-4-10(11(15)14-9)12(16)13-5-7-17-2/h3-4,6,8H,5,7H2,1-2H3,(H,13,16). The number of carbonyl (C=O) groups excluding carboxylic acids is 1. The molecule has 2 heterocycles. The molecule has 0 spiro atoms. The minimum Gasteiger partial charge on any atom is -0.383 e. The number of amides is 1. The number of imidazole rings is 1. The van der Waals surface area contributed by atoms with Crippen LogP contribution in [-0.4, -0.2) is 35.6 Å². The van der Waals surface area contributed by atoms with Crippen molar-refractivity contribution < 1.29 is 9.53 Å². The number of aryl methyl sites for hydroxylation is 1. The average molecular weight is 233 g/mol. The van der Waals surface area contributed by atoms with Gasteiger partial charge in [-0.15, -0.1) is 0 Å². The van der Waals surface area contributed by atoms with Crippen molar-refractivity contribution in [1.29, 1.82) is 0 Å². The van der Waals surface area contributed by atoms with Crippen molar-refractivity contribution in [1.82, 2.24) is 14.7 Å². The maximum Gasteiger partial charge on any atom is 0.255 e. The Bertz CT molecular complexity index is 534. The van der Waals surface area contributed by atoms with Gasteiger partial charge in [0.15, 0.2) is 0 Å². The van der Waals surface area contributed by atoms with Crippen LogP contribution in [0.25, 0.3) is 5.65 Å². The van der Waals surface area contributed by atoms with E-state index in [-0.39, 0.29) is 5.91 Å². The van der Waals surface area contributed by atoms with Crippen LogP contribution in [0.4, 0.5) is 0 Å². The maximum atomic E-state index is 11.9. The van der Waals surface area contributed by atoms with Crippen LogP contribution in [0.1, 0.15) is 16.1 Å². The Morgan fingerprint density at radius 1 is 1.59 bits per heavy atom. The number of methoxy groups -OCH3 is 1. The van der Waals surface area contributed by atoms with Crippen molar-refractivity contribution in [2.24, 2.45) is 0 Å². The summed E-state index contributed by atoms with van der Waals surface area (Å²) in [7, 11) is 1.60. The Balaban J connectivity index is 2.25. The molecule has 0 fully saturated rings. The number of nitrogens with zero attached hydrogens (tertiary/aromatic N) is 2. The van der Waals surface area contributed by atoms with Gasteiger partial charge in [-0.25, -0.2) is 4.98 Å². The van der Waals surface area contributed by atoms with E-state index in [1.807, 2.05) is 29.8 Å². The van der Waals surface area contributed by atoms with Crippen molar-refractivity contribution >= 4 is 11.6 Å². The van der Waals surface area contributed by atoms with Crippen molar-refractivity contribution in [3.05, 3.63) is 35.8 Å². The molecule has 0 atom stereocenters. The van der Waals surface area contributed by atoms with E-state index in [2.05, 4.69) is 10.3 Å². The SMILES string of the molecule is COCCNC(=O)c1cccn2cc(C)nc12. The molecule has 5 heteroatoms. The monoisotopic (exact) mass is 233 g/mol. The van der Waals surface area contributed by atoms with Gasteiger partial charge in [-0.3, -0.25) is 4.79 Å². The largest absolute Gasteiger partial charge is 0.383 e. The number of hydrogen-bond acceptors (Lipinski definition) is 3. The molecule has 0 bridgehead atoms. The number of hydrogen-bond donors (Lipinski definition) is 1. The summed E-state index contributed by atoms with van der Waals surface area (Å²) < 4.78 is 6.73. The van der Waals surface area contributed by atoms with Gasteiger partial charge in [-0.05, 0) is 19.1 Å². The van der Waals surface area contributed by atoms with Crippen molar-refractivity contribution in [3.8, 4) is 0 Å². The predicted molar refractivity (Wildman–Crippen MR) is 64.1 cm³/mol. The topological polar surface area (TPSA) is 55.6 Å². The fourth-order valence-corrected chi connectivity index (χ4v) is 1.67. The van der Waals surface area contributed by atoms with Gasteiger partial charge in [0.2, 0.25) is 0 Å². The molecule has 5 nitrogen and oxygen atoms in total. The highest BCUT2D eigenvalue weighted by molar-refractivity contribution is 5.99. The van der Waals surface area contributed by atoms with E-state index in [1.54, 1.807) is 13.2 Å². The lowest BCUT2D eigenvalue weighted by molar-refractivity contribution is 0.0938. The van der Waals surface area contributed by atoms with Crippen LogP contribution in [0.2, 0.25) is 0 Å². The maximum absolute atomic E-state index is 11.9. The van der Waals surface area contributed by atoms with Crippen LogP contribution in [0.3, 0.4) is 0 Å². The molecule has 2 aromatic rings. The number of pyridine rings is 1. The Hall–Kier alpha value is -1.88. The molecule has 2 rings (SSSR count). The highest BCUT2D eigenvalue weighted by atomic mass is 16.5. The van der Waals surface area contributed by atoms with E-state index in [0.29, 0.717) is 24.4 Å². The summed E-state index contributed by atoms with van der Waals surface area (Å²) in [6.45, 7) is 2.90. The van der Waals surface area contributed by atoms with Gasteiger partial charge in [0.1, 0.15) is 5.65 Å². The first-order chi connectivity index (χ1) is 8.22. The van der Waals surface area contributed by atoms with Gasteiger partial charge in [0, 0.05) is 26.0 Å². The van der Waals surface area contributed by atoms with Crippen LogP contribution in [0.15, 0.2) is 24.5 Å². The third-order valence-corrected chi connectivity index (χ3v) is 2.44. The van der Waals surface area contributed by atoms with Crippen molar-refractivity contribution in [2.45, 2.75) is 6.92 Å². The van der Waals surface area contributed by atoms with E-state index in [1.165, 1.54) is 0 Å². The van der Waals surface area contributed by atoms with Crippen LogP contribution in [-0.2, 0) is 4.74 Å².